The van der Waals surface area contributed by atoms with E-state index in [1.54, 1.807) is 12.1 Å². The van der Waals surface area contributed by atoms with Gasteiger partial charge in [0.1, 0.15) is 12.4 Å². The van der Waals surface area contributed by atoms with Gasteiger partial charge in [0.25, 0.3) is 0 Å². The summed E-state index contributed by atoms with van der Waals surface area (Å²) >= 11 is 7.52. The molecule has 1 aliphatic rings. The lowest BCUT2D eigenvalue weighted by molar-refractivity contribution is -0.119. The molecule has 0 bridgehead atoms. The van der Waals surface area contributed by atoms with Crippen LogP contribution >= 0.6 is 23.4 Å². The Morgan fingerprint density at radius 2 is 2.00 bits per heavy atom. The van der Waals surface area contributed by atoms with Crippen molar-refractivity contribution in [1.82, 2.24) is 20.1 Å². The number of benzene rings is 2. The lowest BCUT2D eigenvalue weighted by Crippen LogP contribution is -2.32. The van der Waals surface area contributed by atoms with Crippen LogP contribution in [0, 0.1) is 0 Å². The fourth-order valence-corrected chi connectivity index (χ4v) is 4.23. The number of thioether (sulfide) groups is 1. The molecule has 0 spiro atoms. The first-order valence-electron chi connectivity index (χ1n) is 10.1. The van der Waals surface area contributed by atoms with Crippen molar-refractivity contribution in [2.45, 2.75) is 30.7 Å². The van der Waals surface area contributed by atoms with Crippen LogP contribution in [0.2, 0.25) is 5.02 Å². The van der Waals surface area contributed by atoms with E-state index in [0.717, 1.165) is 25.1 Å². The molecule has 1 fully saturated rings. The van der Waals surface area contributed by atoms with Gasteiger partial charge in [0.05, 0.1) is 16.9 Å². The standard InChI is InChI=1S/C22H23ClN4O3S/c23-18-10-4-5-11-19(18)30-14-20-25-26-22(27(20)16-7-2-1-3-8-16)31-15-21(28)24-13-17-9-6-12-29-17/h1-5,7-8,10-11,17H,6,9,12-15H2,(H,24,28). The molecule has 1 aliphatic heterocycles. The van der Waals surface area contributed by atoms with Gasteiger partial charge in [-0.1, -0.05) is 53.7 Å². The van der Waals surface area contributed by atoms with Crippen molar-refractivity contribution >= 4 is 29.3 Å². The molecule has 3 aromatic rings. The molecule has 1 saturated heterocycles. The number of aromatic nitrogens is 3. The van der Waals surface area contributed by atoms with Gasteiger partial charge in [0, 0.05) is 18.8 Å². The quantitative estimate of drug-likeness (QED) is 0.490. The van der Waals surface area contributed by atoms with Crippen LogP contribution in [-0.2, 0) is 16.1 Å². The normalized spacial score (nSPS) is 15.7. The van der Waals surface area contributed by atoms with Crippen molar-refractivity contribution in [1.29, 1.82) is 0 Å². The summed E-state index contributed by atoms with van der Waals surface area (Å²) in [5.74, 6) is 1.38. The van der Waals surface area contributed by atoms with Gasteiger partial charge in [0.15, 0.2) is 11.0 Å². The lowest BCUT2D eigenvalue weighted by Gasteiger charge is -2.12. The smallest absolute Gasteiger partial charge is 0.230 e. The Balaban J connectivity index is 1.44. The van der Waals surface area contributed by atoms with Crippen LogP contribution in [0.25, 0.3) is 5.69 Å². The van der Waals surface area contributed by atoms with E-state index in [4.69, 9.17) is 21.1 Å². The van der Waals surface area contributed by atoms with Gasteiger partial charge in [-0.15, -0.1) is 10.2 Å². The minimum Gasteiger partial charge on any atom is -0.484 e. The predicted molar refractivity (Wildman–Crippen MR) is 120 cm³/mol. The Bertz CT molecular complexity index is 1010. The molecule has 1 amide bonds. The molecule has 0 saturated carbocycles. The summed E-state index contributed by atoms with van der Waals surface area (Å²) in [5, 5.41) is 12.7. The highest BCUT2D eigenvalue weighted by Crippen LogP contribution is 2.26. The first-order chi connectivity index (χ1) is 15.2. The molecule has 4 rings (SSSR count). The van der Waals surface area contributed by atoms with Crippen LogP contribution in [0.1, 0.15) is 18.7 Å². The highest BCUT2D eigenvalue weighted by molar-refractivity contribution is 7.99. The number of para-hydroxylation sites is 2. The summed E-state index contributed by atoms with van der Waals surface area (Å²) in [5.41, 5.74) is 0.896. The number of halogens is 1. The van der Waals surface area contributed by atoms with E-state index in [1.165, 1.54) is 11.8 Å². The van der Waals surface area contributed by atoms with Crippen molar-refractivity contribution < 1.29 is 14.3 Å². The third kappa shape index (κ3) is 5.78. The van der Waals surface area contributed by atoms with E-state index < -0.39 is 0 Å². The van der Waals surface area contributed by atoms with E-state index in [1.807, 2.05) is 47.0 Å². The molecule has 31 heavy (non-hydrogen) atoms. The molecule has 0 radical (unpaired) electrons. The largest absolute Gasteiger partial charge is 0.484 e. The van der Waals surface area contributed by atoms with Crippen molar-refractivity contribution in [3.63, 3.8) is 0 Å². The lowest BCUT2D eigenvalue weighted by atomic mass is 10.2. The third-order valence-electron chi connectivity index (χ3n) is 4.79. The fourth-order valence-electron chi connectivity index (χ4n) is 3.24. The van der Waals surface area contributed by atoms with E-state index in [-0.39, 0.29) is 24.4 Å². The maximum atomic E-state index is 12.3. The molecule has 7 nitrogen and oxygen atoms in total. The zero-order valence-corrected chi connectivity index (χ0v) is 18.4. The van der Waals surface area contributed by atoms with E-state index in [2.05, 4.69) is 15.5 Å². The summed E-state index contributed by atoms with van der Waals surface area (Å²) in [6.07, 6.45) is 2.16. The summed E-state index contributed by atoms with van der Waals surface area (Å²) in [6.45, 7) is 1.51. The van der Waals surface area contributed by atoms with E-state index >= 15 is 0 Å². The maximum Gasteiger partial charge on any atom is 0.230 e. The van der Waals surface area contributed by atoms with Crippen molar-refractivity contribution in [3.8, 4) is 11.4 Å². The topological polar surface area (TPSA) is 78.3 Å². The van der Waals surface area contributed by atoms with Gasteiger partial charge in [-0.2, -0.15) is 0 Å². The molecule has 0 aliphatic carbocycles. The summed E-state index contributed by atoms with van der Waals surface area (Å²) in [6, 6.07) is 17.0. The molecule has 2 aromatic carbocycles. The van der Waals surface area contributed by atoms with Crippen LogP contribution < -0.4 is 10.1 Å². The summed E-state index contributed by atoms with van der Waals surface area (Å²) in [4.78, 5) is 12.3. The van der Waals surface area contributed by atoms with Crippen molar-refractivity contribution in [2.24, 2.45) is 0 Å². The van der Waals surface area contributed by atoms with Gasteiger partial charge >= 0.3 is 0 Å². The van der Waals surface area contributed by atoms with E-state index in [0.29, 0.717) is 28.3 Å². The van der Waals surface area contributed by atoms with Crippen molar-refractivity contribution in [2.75, 3.05) is 18.9 Å². The Kier molecular flexibility index (Phi) is 7.45. The predicted octanol–water partition coefficient (Wildman–Crippen LogP) is 3.89. The minimum atomic E-state index is -0.0584. The molecule has 2 heterocycles. The minimum absolute atomic E-state index is 0.0584. The molecule has 9 heteroatoms. The Morgan fingerprint density at radius 3 is 2.77 bits per heavy atom. The molecular formula is C22H23ClN4O3S. The molecule has 1 atom stereocenters. The van der Waals surface area contributed by atoms with Gasteiger partial charge < -0.3 is 14.8 Å². The summed E-state index contributed by atoms with van der Waals surface area (Å²) < 4.78 is 13.3. The number of rotatable bonds is 9. The summed E-state index contributed by atoms with van der Waals surface area (Å²) in [7, 11) is 0. The SMILES string of the molecule is O=C(CSc1nnc(COc2ccccc2Cl)n1-c1ccccc1)NCC1CCCO1. The van der Waals surface area contributed by atoms with Crippen LogP contribution in [0.5, 0.6) is 5.75 Å². The zero-order valence-electron chi connectivity index (χ0n) is 16.9. The molecule has 1 unspecified atom stereocenters. The van der Waals surface area contributed by atoms with Crippen LogP contribution in [0.15, 0.2) is 59.8 Å². The van der Waals surface area contributed by atoms with Crippen LogP contribution in [0.4, 0.5) is 0 Å². The number of carbonyl (C=O) groups excluding carboxylic acids is 1. The number of hydrogen-bond acceptors (Lipinski definition) is 6. The average Bonchev–Trinajstić information content (AvgIpc) is 3.46. The highest BCUT2D eigenvalue weighted by Gasteiger charge is 2.19. The Hall–Kier alpha value is -2.55. The van der Waals surface area contributed by atoms with Gasteiger partial charge in [-0.3, -0.25) is 9.36 Å². The van der Waals surface area contributed by atoms with Crippen molar-refractivity contribution in [3.05, 3.63) is 65.4 Å². The number of nitrogens with zero attached hydrogens (tertiary/aromatic N) is 3. The highest BCUT2D eigenvalue weighted by atomic mass is 35.5. The second kappa shape index (κ2) is 10.7. The first kappa shape index (κ1) is 21.7. The molecule has 1 N–H and O–H groups in total. The molecular weight excluding hydrogens is 436 g/mol. The third-order valence-corrected chi connectivity index (χ3v) is 6.03. The number of amides is 1. The number of nitrogens with one attached hydrogen (secondary N) is 1. The Labute approximate surface area is 190 Å². The van der Waals surface area contributed by atoms with Crippen LogP contribution in [-0.4, -0.2) is 45.7 Å². The van der Waals surface area contributed by atoms with Gasteiger partial charge in [0.2, 0.25) is 5.91 Å². The molecule has 1 aromatic heterocycles. The average molecular weight is 459 g/mol. The monoisotopic (exact) mass is 458 g/mol. The van der Waals surface area contributed by atoms with Gasteiger partial charge in [-0.25, -0.2) is 0 Å². The molecule has 162 valence electrons. The number of carbonyl (C=O) groups is 1. The van der Waals surface area contributed by atoms with E-state index in [9.17, 15) is 4.79 Å². The zero-order chi connectivity index (χ0) is 21.5. The number of hydrogen-bond donors (Lipinski definition) is 1. The van der Waals surface area contributed by atoms with Gasteiger partial charge in [-0.05, 0) is 37.1 Å². The Morgan fingerprint density at radius 1 is 1.19 bits per heavy atom. The maximum absolute atomic E-state index is 12.3. The second-order valence-corrected chi connectivity index (χ2v) is 8.37. The van der Waals surface area contributed by atoms with Crippen LogP contribution in [0.3, 0.4) is 0 Å². The number of ether oxygens (including phenoxy) is 2. The first-order valence-corrected chi connectivity index (χ1v) is 11.4. The fraction of sp³-hybridized carbons (Fsp3) is 0.318. The second-order valence-electron chi connectivity index (χ2n) is 7.02.